The van der Waals surface area contributed by atoms with Crippen LogP contribution in [0.15, 0.2) is 61.2 Å². The third kappa shape index (κ3) is 33.8. The summed E-state index contributed by atoms with van der Waals surface area (Å²) in [6.07, 6.45) is 66.0. The molecule has 0 unspecified atom stereocenters. The van der Waals surface area contributed by atoms with Gasteiger partial charge < -0.3 is 11.5 Å². The highest BCUT2D eigenvalue weighted by molar-refractivity contribution is 5.06. The molecule has 0 amide bonds. The summed E-state index contributed by atoms with van der Waals surface area (Å²) in [4.78, 5) is 0. The molecule has 0 bridgehead atoms. The van der Waals surface area contributed by atoms with Crippen LogP contribution in [0.3, 0.4) is 0 Å². The molecule has 4 N–H and O–H groups in total. The molecule has 2 aromatic heterocycles. The van der Waals surface area contributed by atoms with Crippen molar-refractivity contribution in [2.75, 3.05) is 13.1 Å². The van der Waals surface area contributed by atoms with E-state index >= 15 is 0 Å². The fraction of sp³-hybridized carbons (Fsp3) is 0.778. The Balaban J connectivity index is 1.33. The Morgan fingerprint density at radius 3 is 0.931 bits per heavy atom. The third-order valence-corrected chi connectivity index (χ3v) is 12.4. The first-order chi connectivity index (χ1) is 28.8. The van der Waals surface area contributed by atoms with E-state index in [-0.39, 0.29) is 0 Å². The van der Waals surface area contributed by atoms with Gasteiger partial charge in [0, 0.05) is 36.1 Å². The number of aromatic nitrogens is 2. The number of hydrogen-bond donors (Lipinski definition) is 2. The molecule has 0 aromatic carbocycles. The average Bonchev–Trinajstić information content (AvgIpc) is 3.24. The maximum absolute atomic E-state index is 5.58. The van der Waals surface area contributed by atoms with Crippen molar-refractivity contribution in [1.82, 2.24) is 0 Å². The molecule has 0 atom stereocenters. The first kappa shape index (κ1) is 52.1. The van der Waals surface area contributed by atoms with Gasteiger partial charge in [0.15, 0.2) is 24.8 Å². The molecule has 4 heteroatoms. The minimum atomic E-state index is 0.846. The summed E-state index contributed by atoms with van der Waals surface area (Å²) in [6.45, 7) is 4.06. The summed E-state index contributed by atoms with van der Waals surface area (Å²) in [6, 6.07) is 9.21. The lowest BCUT2D eigenvalue weighted by molar-refractivity contribution is -0.697. The molecule has 4 nitrogen and oxygen atoms in total. The minimum absolute atomic E-state index is 0.846. The van der Waals surface area contributed by atoms with E-state index in [1.54, 1.807) is 0 Å². The molecule has 0 saturated heterocycles. The maximum atomic E-state index is 5.58. The predicted octanol–water partition coefficient (Wildman–Crippen LogP) is 14.6. The maximum Gasteiger partial charge on any atom is 0.171 e. The van der Waals surface area contributed by atoms with Gasteiger partial charge in [0.05, 0.1) is 0 Å². The van der Waals surface area contributed by atoms with E-state index in [1.807, 2.05) is 0 Å². The smallest absolute Gasteiger partial charge is 0.171 e. The van der Waals surface area contributed by atoms with E-state index in [2.05, 4.69) is 70.3 Å². The molecule has 2 aromatic rings. The van der Waals surface area contributed by atoms with Gasteiger partial charge in [0.2, 0.25) is 0 Å². The van der Waals surface area contributed by atoms with Gasteiger partial charge in [-0.05, 0) is 102 Å². The van der Waals surface area contributed by atoms with Crippen molar-refractivity contribution in [3.63, 3.8) is 0 Å². The van der Waals surface area contributed by atoms with Crippen molar-refractivity contribution < 1.29 is 9.13 Å². The number of aryl methyl sites for hydroxylation is 4. The van der Waals surface area contributed by atoms with Crippen LogP contribution in [-0.4, -0.2) is 13.1 Å². The summed E-state index contributed by atoms with van der Waals surface area (Å²) >= 11 is 0. The molecular formula is C54H98N4+2. The van der Waals surface area contributed by atoms with Crippen molar-refractivity contribution >= 4 is 0 Å². The van der Waals surface area contributed by atoms with Gasteiger partial charge in [-0.25, -0.2) is 9.13 Å². The average molecular weight is 803 g/mol. The number of hydrogen-bond acceptors (Lipinski definition) is 2. The number of nitrogens with zero attached hydrogens (tertiary/aromatic N) is 2. The summed E-state index contributed by atoms with van der Waals surface area (Å²) < 4.78 is 4.88. The zero-order valence-corrected chi connectivity index (χ0v) is 38.5. The monoisotopic (exact) mass is 803 g/mol. The zero-order chi connectivity index (χ0) is 41.1. The normalized spacial score (nSPS) is 11.7. The molecule has 0 radical (unpaired) electrons. The van der Waals surface area contributed by atoms with Crippen LogP contribution >= 0.6 is 0 Å². The van der Waals surface area contributed by atoms with E-state index in [1.165, 1.54) is 268 Å². The van der Waals surface area contributed by atoms with E-state index in [0.717, 1.165) is 13.1 Å². The standard InChI is InChI=1S/C54H98N4/c55-45-35-29-23-17-11-5-1-3-7-13-19-25-31-37-47-57-49-39-43-53(51-57)41-33-27-21-15-9-10-16-22-28-34-42-54-44-40-50-58(52-54)48-38-32-26-20-14-8-4-2-6-12-18-24-30-36-46-56/h1,5,39-40,43-44,49-52H,2-4,6-38,41-42,45-48,55-56H2/q+2/b5-1-. The van der Waals surface area contributed by atoms with Crippen molar-refractivity contribution in [1.29, 1.82) is 0 Å². The fourth-order valence-electron chi connectivity index (χ4n) is 8.62. The highest BCUT2D eigenvalue weighted by atomic mass is 14.9. The molecular weight excluding hydrogens is 705 g/mol. The Hall–Kier alpha value is -2.04. The van der Waals surface area contributed by atoms with Crippen LogP contribution < -0.4 is 20.6 Å². The van der Waals surface area contributed by atoms with Crippen LogP contribution in [0.4, 0.5) is 0 Å². The van der Waals surface area contributed by atoms with Crippen LogP contribution in [0.25, 0.3) is 0 Å². The van der Waals surface area contributed by atoms with E-state index < -0.39 is 0 Å². The first-order valence-electron chi connectivity index (χ1n) is 25.8. The fourth-order valence-corrected chi connectivity index (χ4v) is 8.62. The minimum Gasteiger partial charge on any atom is -0.330 e. The molecule has 332 valence electrons. The van der Waals surface area contributed by atoms with Crippen molar-refractivity contribution in [3.05, 3.63) is 72.3 Å². The first-order valence-corrected chi connectivity index (χ1v) is 25.8. The van der Waals surface area contributed by atoms with Gasteiger partial charge in [0.1, 0.15) is 13.1 Å². The predicted molar refractivity (Wildman–Crippen MR) is 254 cm³/mol. The summed E-state index contributed by atoms with van der Waals surface area (Å²) in [7, 11) is 0. The van der Waals surface area contributed by atoms with Gasteiger partial charge in [-0.15, -0.1) is 0 Å². The van der Waals surface area contributed by atoms with E-state index in [9.17, 15) is 0 Å². The Morgan fingerprint density at radius 1 is 0.328 bits per heavy atom. The molecule has 0 fully saturated rings. The van der Waals surface area contributed by atoms with Crippen LogP contribution in [0.2, 0.25) is 0 Å². The highest BCUT2D eigenvalue weighted by Gasteiger charge is 2.05. The van der Waals surface area contributed by atoms with Crippen LogP contribution in [-0.2, 0) is 25.9 Å². The number of nitrogens with two attached hydrogens (primary N) is 2. The lowest BCUT2D eigenvalue weighted by Crippen LogP contribution is -2.33. The summed E-state index contributed by atoms with van der Waals surface area (Å²) in [5.41, 5.74) is 14.2. The highest BCUT2D eigenvalue weighted by Crippen LogP contribution is 2.15. The second-order valence-corrected chi connectivity index (χ2v) is 18.0. The lowest BCUT2D eigenvalue weighted by Gasteiger charge is -2.05. The Bertz CT molecular complexity index is 1160. The Labute approximate surface area is 361 Å². The van der Waals surface area contributed by atoms with Gasteiger partial charge >= 0.3 is 0 Å². The number of unbranched alkanes of at least 4 members (excludes halogenated alkanes) is 32. The second-order valence-electron chi connectivity index (χ2n) is 18.0. The zero-order valence-electron chi connectivity index (χ0n) is 38.5. The number of rotatable bonds is 44. The molecule has 2 rings (SSSR count). The van der Waals surface area contributed by atoms with Crippen LogP contribution in [0.5, 0.6) is 0 Å². The Kier molecular flexibility index (Phi) is 37.4. The van der Waals surface area contributed by atoms with E-state index in [4.69, 9.17) is 11.5 Å². The van der Waals surface area contributed by atoms with E-state index in [0.29, 0.717) is 0 Å². The molecule has 0 saturated carbocycles. The summed E-state index contributed by atoms with van der Waals surface area (Å²) in [5, 5.41) is 0. The van der Waals surface area contributed by atoms with Gasteiger partial charge in [-0.1, -0.05) is 166 Å². The largest absolute Gasteiger partial charge is 0.330 e. The molecule has 0 spiro atoms. The van der Waals surface area contributed by atoms with Crippen molar-refractivity contribution in [2.24, 2.45) is 11.5 Å². The molecule has 58 heavy (non-hydrogen) atoms. The third-order valence-electron chi connectivity index (χ3n) is 12.4. The van der Waals surface area contributed by atoms with Gasteiger partial charge in [-0.2, -0.15) is 0 Å². The topological polar surface area (TPSA) is 59.8 Å². The van der Waals surface area contributed by atoms with Crippen LogP contribution in [0.1, 0.15) is 242 Å². The van der Waals surface area contributed by atoms with Gasteiger partial charge in [-0.3, -0.25) is 0 Å². The molecule has 0 aliphatic heterocycles. The SMILES string of the molecule is NCCCCCC/C=C\CCCCCCCC[n+]1cccc(CCCCCCCCCCCCc2ccc[n+](CCCCCCCCCCCCCCCCN)c2)c1. The second kappa shape index (κ2) is 41.7. The summed E-state index contributed by atoms with van der Waals surface area (Å²) in [5.74, 6) is 0. The molecule has 0 aliphatic carbocycles. The molecule has 0 aliphatic rings. The number of pyridine rings is 2. The molecule has 2 heterocycles. The van der Waals surface area contributed by atoms with Crippen molar-refractivity contribution in [2.45, 2.75) is 257 Å². The van der Waals surface area contributed by atoms with Gasteiger partial charge in [0.25, 0.3) is 0 Å². The lowest BCUT2D eigenvalue weighted by atomic mass is 10.0. The van der Waals surface area contributed by atoms with Crippen molar-refractivity contribution in [3.8, 4) is 0 Å². The Morgan fingerprint density at radius 2 is 0.603 bits per heavy atom. The number of allylic oxidation sites excluding steroid dienone is 2. The van der Waals surface area contributed by atoms with Crippen LogP contribution in [0, 0.1) is 0 Å². The quantitative estimate of drug-likeness (QED) is 0.0398.